The molecule has 4 rings (SSSR count). The molecule has 1 heteroatoms. The van der Waals surface area contributed by atoms with Crippen molar-refractivity contribution in [3.63, 3.8) is 0 Å². The minimum absolute atomic E-state index is 0.149. The van der Waals surface area contributed by atoms with Crippen LogP contribution in [0.3, 0.4) is 0 Å². The first-order chi connectivity index (χ1) is 12.8. The smallest absolute Gasteiger partial charge is 0.190 e. The van der Waals surface area contributed by atoms with E-state index in [4.69, 9.17) is 0 Å². The van der Waals surface area contributed by atoms with Crippen molar-refractivity contribution in [2.45, 2.75) is 13.3 Å². The number of carbonyl (C=O) groups excluding carboxylic acids is 1. The van der Waals surface area contributed by atoms with Gasteiger partial charge in [0.1, 0.15) is 0 Å². The fourth-order valence-corrected chi connectivity index (χ4v) is 3.69. The van der Waals surface area contributed by atoms with E-state index in [9.17, 15) is 4.79 Å². The summed E-state index contributed by atoms with van der Waals surface area (Å²) < 4.78 is 0. The van der Waals surface area contributed by atoms with E-state index in [1.807, 2.05) is 66.7 Å². The first-order valence-electron chi connectivity index (χ1n) is 9.00. The first-order valence-corrected chi connectivity index (χ1v) is 9.00. The lowest BCUT2D eigenvalue weighted by molar-refractivity contribution is -0.110. The maximum atomic E-state index is 13.4. The summed E-state index contributed by atoms with van der Waals surface area (Å²) >= 11 is 0. The van der Waals surface area contributed by atoms with Crippen LogP contribution in [-0.2, 0) is 4.79 Å². The summed E-state index contributed by atoms with van der Waals surface area (Å²) in [5.74, 6) is 0.149. The molecule has 1 aliphatic rings. The van der Waals surface area contributed by atoms with Gasteiger partial charge in [0.05, 0.1) is 0 Å². The second-order valence-electron chi connectivity index (χ2n) is 6.38. The molecule has 1 nitrogen and oxygen atoms in total. The van der Waals surface area contributed by atoms with Gasteiger partial charge in [-0.3, -0.25) is 4.79 Å². The van der Waals surface area contributed by atoms with Crippen LogP contribution in [0, 0.1) is 0 Å². The van der Waals surface area contributed by atoms with Gasteiger partial charge in [0.25, 0.3) is 0 Å². The van der Waals surface area contributed by atoms with Crippen molar-refractivity contribution in [2.24, 2.45) is 0 Å². The lowest BCUT2D eigenvalue weighted by Crippen LogP contribution is -2.01. The monoisotopic (exact) mass is 336 g/mol. The van der Waals surface area contributed by atoms with Crippen LogP contribution in [0.15, 0.2) is 96.6 Å². The molecular formula is C25H20O. The van der Waals surface area contributed by atoms with E-state index in [1.165, 1.54) is 0 Å². The first kappa shape index (κ1) is 16.3. The molecule has 0 unspecified atom stereocenters. The maximum absolute atomic E-state index is 13.4. The zero-order chi connectivity index (χ0) is 17.9. The Morgan fingerprint density at radius 1 is 0.538 bits per heavy atom. The molecular weight excluding hydrogens is 316 g/mol. The number of ketones is 1. The molecule has 0 fully saturated rings. The van der Waals surface area contributed by atoms with Crippen molar-refractivity contribution >= 4 is 22.5 Å². The minimum atomic E-state index is 0.149. The van der Waals surface area contributed by atoms with Crippen LogP contribution >= 0.6 is 0 Å². The molecule has 0 bridgehead atoms. The van der Waals surface area contributed by atoms with E-state index >= 15 is 0 Å². The summed E-state index contributed by atoms with van der Waals surface area (Å²) in [4.78, 5) is 13.4. The highest BCUT2D eigenvalue weighted by Gasteiger charge is 2.33. The van der Waals surface area contributed by atoms with Crippen molar-refractivity contribution in [2.75, 3.05) is 0 Å². The largest absolute Gasteiger partial charge is 0.289 e. The summed E-state index contributed by atoms with van der Waals surface area (Å²) in [5, 5.41) is 0. The average Bonchev–Trinajstić information content (AvgIpc) is 3.02. The number of benzene rings is 3. The van der Waals surface area contributed by atoms with Gasteiger partial charge in [-0.25, -0.2) is 0 Å². The van der Waals surface area contributed by atoms with Crippen LogP contribution in [0.5, 0.6) is 0 Å². The van der Waals surface area contributed by atoms with E-state index in [2.05, 4.69) is 31.2 Å². The van der Waals surface area contributed by atoms with Gasteiger partial charge in [0, 0.05) is 16.7 Å². The molecule has 0 aromatic heterocycles. The second-order valence-corrected chi connectivity index (χ2v) is 6.38. The minimum Gasteiger partial charge on any atom is -0.289 e. The van der Waals surface area contributed by atoms with Gasteiger partial charge in [-0.2, -0.15) is 0 Å². The van der Waals surface area contributed by atoms with Crippen LogP contribution in [0.25, 0.3) is 16.7 Å². The highest BCUT2D eigenvalue weighted by molar-refractivity contribution is 6.47. The standard InChI is InChI=1S/C25H20O/c1-2-21-22(18-12-6-3-7-13-18)23(19-14-8-4-9-15-19)24(25(21)26)20-16-10-5-11-17-20/h3-17H,2H2,1H3. The number of hydrogen-bond donors (Lipinski definition) is 0. The summed E-state index contributed by atoms with van der Waals surface area (Å²) in [6.07, 6.45) is 0.718. The summed E-state index contributed by atoms with van der Waals surface area (Å²) in [7, 11) is 0. The molecule has 1 aliphatic carbocycles. The van der Waals surface area contributed by atoms with E-state index in [0.29, 0.717) is 0 Å². The van der Waals surface area contributed by atoms with Crippen molar-refractivity contribution < 1.29 is 4.79 Å². The molecule has 126 valence electrons. The Kier molecular flexibility index (Phi) is 4.37. The van der Waals surface area contributed by atoms with E-state index in [-0.39, 0.29) is 5.78 Å². The average molecular weight is 336 g/mol. The predicted octanol–water partition coefficient (Wildman–Crippen LogP) is 6.04. The molecule has 3 aromatic carbocycles. The Labute approximate surface area is 154 Å². The van der Waals surface area contributed by atoms with Gasteiger partial charge in [0.15, 0.2) is 5.78 Å². The third-order valence-corrected chi connectivity index (χ3v) is 4.84. The fourth-order valence-electron chi connectivity index (χ4n) is 3.69. The molecule has 0 saturated heterocycles. The summed E-state index contributed by atoms with van der Waals surface area (Å²) in [6.45, 7) is 2.06. The van der Waals surface area contributed by atoms with Gasteiger partial charge in [-0.05, 0) is 28.7 Å². The molecule has 0 radical (unpaired) electrons. The van der Waals surface area contributed by atoms with Gasteiger partial charge >= 0.3 is 0 Å². The van der Waals surface area contributed by atoms with Gasteiger partial charge in [-0.15, -0.1) is 0 Å². The van der Waals surface area contributed by atoms with Crippen molar-refractivity contribution in [3.8, 4) is 0 Å². The molecule has 0 aliphatic heterocycles. The Balaban J connectivity index is 2.05. The zero-order valence-electron chi connectivity index (χ0n) is 14.8. The molecule has 3 aromatic rings. The Morgan fingerprint density at radius 3 is 1.35 bits per heavy atom. The summed E-state index contributed by atoms with van der Waals surface area (Å²) in [6, 6.07) is 30.5. The number of hydrogen-bond acceptors (Lipinski definition) is 1. The SMILES string of the molecule is CCC1=C(c2ccccc2)C(c2ccccc2)=C(c2ccccc2)C1=O. The third kappa shape index (κ3) is 2.72. The molecule has 0 N–H and O–H groups in total. The van der Waals surface area contributed by atoms with Crippen molar-refractivity contribution in [1.29, 1.82) is 0 Å². The Morgan fingerprint density at radius 2 is 0.923 bits per heavy atom. The van der Waals surface area contributed by atoms with Crippen LogP contribution < -0.4 is 0 Å². The highest BCUT2D eigenvalue weighted by Crippen LogP contribution is 2.47. The highest BCUT2D eigenvalue weighted by atomic mass is 16.1. The molecule has 26 heavy (non-hydrogen) atoms. The molecule has 0 atom stereocenters. The molecule has 0 saturated carbocycles. The van der Waals surface area contributed by atoms with Crippen molar-refractivity contribution in [1.82, 2.24) is 0 Å². The van der Waals surface area contributed by atoms with E-state index in [1.54, 1.807) is 0 Å². The van der Waals surface area contributed by atoms with Crippen LogP contribution in [0.2, 0.25) is 0 Å². The lowest BCUT2D eigenvalue weighted by atomic mass is 9.90. The fraction of sp³-hybridized carbons (Fsp3) is 0.0800. The van der Waals surface area contributed by atoms with Crippen LogP contribution in [0.1, 0.15) is 30.0 Å². The predicted molar refractivity (Wildman–Crippen MR) is 108 cm³/mol. The maximum Gasteiger partial charge on any atom is 0.190 e. The Hall–Kier alpha value is -3.19. The summed E-state index contributed by atoms with van der Waals surface area (Å²) in [5.41, 5.74) is 6.99. The van der Waals surface area contributed by atoms with Gasteiger partial charge in [0.2, 0.25) is 0 Å². The molecule has 0 heterocycles. The van der Waals surface area contributed by atoms with Crippen molar-refractivity contribution in [3.05, 3.63) is 113 Å². The number of allylic oxidation sites excluding steroid dienone is 4. The van der Waals surface area contributed by atoms with E-state index in [0.717, 1.165) is 45.4 Å². The van der Waals surface area contributed by atoms with E-state index < -0.39 is 0 Å². The van der Waals surface area contributed by atoms with Gasteiger partial charge in [-0.1, -0.05) is 97.9 Å². The third-order valence-electron chi connectivity index (χ3n) is 4.84. The van der Waals surface area contributed by atoms with Gasteiger partial charge < -0.3 is 0 Å². The number of carbonyl (C=O) groups is 1. The normalized spacial score (nSPS) is 14.3. The molecule has 0 spiro atoms. The second kappa shape index (κ2) is 6.97. The van der Waals surface area contributed by atoms with Crippen LogP contribution in [-0.4, -0.2) is 5.78 Å². The zero-order valence-corrected chi connectivity index (χ0v) is 14.8. The number of Topliss-reactive ketones (excluding diaryl/α,β-unsaturated/α-hetero) is 1. The lowest BCUT2D eigenvalue weighted by Gasteiger charge is -2.13. The quantitative estimate of drug-likeness (QED) is 0.567. The Bertz CT molecular complexity index is 994. The molecule has 0 amide bonds. The topological polar surface area (TPSA) is 17.1 Å². The number of rotatable bonds is 4. The van der Waals surface area contributed by atoms with Crippen LogP contribution in [0.4, 0.5) is 0 Å².